The Labute approximate surface area is 87.1 Å². The van der Waals surface area contributed by atoms with Crippen molar-refractivity contribution in [2.45, 2.75) is 12.5 Å². The number of nitrogens with two attached hydrogens (primary N) is 1. The van der Waals surface area contributed by atoms with Gasteiger partial charge in [-0.2, -0.15) is 0 Å². The molecule has 1 unspecified atom stereocenters. The van der Waals surface area contributed by atoms with E-state index < -0.39 is 11.9 Å². The number of phenolic OH excluding ortho intramolecular Hbond substituents is 1. The quantitative estimate of drug-likeness (QED) is 0.698. The number of phenols is 1. The maximum Gasteiger partial charge on any atom is 0.135 e. The maximum absolute atomic E-state index is 13.5. The van der Waals surface area contributed by atoms with Crippen molar-refractivity contribution in [3.05, 3.63) is 23.5 Å². The fraction of sp³-hybridized carbons (Fsp3) is 0.400. The molecule has 1 aromatic rings. The summed E-state index contributed by atoms with van der Waals surface area (Å²) in [5.41, 5.74) is 5.60. The van der Waals surface area contributed by atoms with E-state index >= 15 is 0 Å². The van der Waals surface area contributed by atoms with Gasteiger partial charge in [-0.3, -0.25) is 0 Å². The van der Waals surface area contributed by atoms with Gasteiger partial charge in [0.1, 0.15) is 17.3 Å². The van der Waals surface area contributed by atoms with Gasteiger partial charge in [0, 0.05) is 30.3 Å². The van der Waals surface area contributed by atoms with Gasteiger partial charge in [-0.25, -0.2) is 4.39 Å². The highest BCUT2D eigenvalue weighted by Gasteiger charge is 2.17. The van der Waals surface area contributed by atoms with Crippen LogP contribution in [-0.4, -0.2) is 23.9 Å². The van der Waals surface area contributed by atoms with Crippen molar-refractivity contribution in [3.8, 4) is 11.5 Å². The van der Waals surface area contributed by atoms with Gasteiger partial charge in [0.25, 0.3) is 0 Å². The lowest BCUT2D eigenvalue weighted by Crippen LogP contribution is -2.14. The van der Waals surface area contributed by atoms with Crippen molar-refractivity contribution in [1.29, 1.82) is 0 Å². The van der Waals surface area contributed by atoms with Crippen molar-refractivity contribution < 1.29 is 19.3 Å². The van der Waals surface area contributed by atoms with Crippen molar-refractivity contribution in [2.75, 3.05) is 13.7 Å². The molecule has 0 aliphatic heterocycles. The minimum absolute atomic E-state index is 0.00449. The molecule has 0 saturated carbocycles. The van der Waals surface area contributed by atoms with Gasteiger partial charge in [0.2, 0.25) is 0 Å². The number of methoxy groups -OCH3 is 1. The van der Waals surface area contributed by atoms with E-state index in [0.717, 1.165) is 6.07 Å². The fourth-order valence-corrected chi connectivity index (χ4v) is 1.35. The molecule has 4 nitrogen and oxygen atoms in total. The summed E-state index contributed by atoms with van der Waals surface area (Å²) in [6.45, 7) is -0.161. The number of ether oxygens (including phenoxy) is 1. The number of aliphatic hydroxyl groups is 1. The molecule has 4 N–H and O–H groups in total. The SMILES string of the molecule is COc1cc(O)c(C(N)CCO)c(F)c1. The van der Waals surface area contributed by atoms with Crippen LogP contribution >= 0.6 is 0 Å². The van der Waals surface area contributed by atoms with Crippen LogP contribution in [0.25, 0.3) is 0 Å². The molecule has 15 heavy (non-hydrogen) atoms. The molecule has 0 aliphatic rings. The summed E-state index contributed by atoms with van der Waals surface area (Å²) in [6, 6.07) is 1.71. The lowest BCUT2D eigenvalue weighted by Gasteiger charge is -2.14. The highest BCUT2D eigenvalue weighted by molar-refractivity contribution is 5.42. The number of aliphatic hydroxyl groups excluding tert-OH is 1. The topological polar surface area (TPSA) is 75.7 Å². The third-order valence-corrected chi connectivity index (χ3v) is 2.13. The lowest BCUT2D eigenvalue weighted by molar-refractivity contribution is 0.274. The number of hydrogen-bond acceptors (Lipinski definition) is 4. The van der Waals surface area contributed by atoms with Crippen molar-refractivity contribution in [3.63, 3.8) is 0 Å². The molecule has 1 atom stereocenters. The van der Waals surface area contributed by atoms with Crippen LogP contribution in [0.5, 0.6) is 11.5 Å². The number of hydrogen-bond donors (Lipinski definition) is 3. The highest BCUT2D eigenvalue weighted by Crippen LogP contribution is 2.31. The summed E-state index contributed by atoms with van der Waals surface area (Å²) < 4.78 is 18.3. The van der Waals surface area contributed by atoms with Crippen LogP contribution in [0, 0.1) is 5.82 Å². The van der Waals surface area contributed by atoms with Gasteiger partial charge in [0.05, 0.1) is 7.11 Å². The van der Waals surface area contributed by atoms with E-state index in [1.807, 2.05) is 0 Å². The number of benzene rings is 1. The second-order valence-electron chi connectivity index (χ2n) is 3.16. The Morgan fingerprint density at radius 1 is 1.53 bits per heavy atom. The van der Waals surface area contributed by atoms with Crippen LogP contribution in [-0.2, 0) is 0 Å². The zero-order valence-electron chi connectivity index (χ0n) is 8.40. The van der Waals surface area contributed by atoms with Gasteiger partial charge < -0.3 is 20.7 Å². The summed E-state index contributed by atoms with van der Waals surface area (Å²) >= 11 is 0. The molecule has 0 spiro atoms. The Balaban J connectivity index is 3.07. The van der Waals surface area contributed by atoms with Crippen LogP contribution in [0.2, 0.25) is 0 Å². The summed E-state index contributed by atoms with van der Waals surface area (Å²) in [4.78, 5) is 0. The normalized spacial score (nSPS) is 12.5. The number of rotatable bonds is 4. The number of aromatic hydroxyl groups is 1. The molecule has 1 aromatic carbocycles. The van der Waals surface area contributed by atoms with Crippen LogP contribution in [0.1, 0.15) is 18.0 Å². The molecular weight excluding hydrogens is 201 g/mol. The summed E-state index contributed by atoms with van der Waals surface area (Å²) in [5.74, 6) is -0.662. The molecule has 5 heteroatoms. The minimum Gasteiger partial charge on any atom is -0.507 e. The molecule has 0 fully saturated rings. The molecule has 0 aliphatic carbocycles. The molecule has 0 radical (unpaired) electrons. The monoisotopic (exact) mass is 215 g/mol. The predicted octanol–water partition coefficient (Wildman–Crippen LogP) is 0.922. The molecule has 0 saturated heterocycles. The van der Waals surface area contributed by atoms with E-state index in [4.69, 9.17) is 15.6 Å². The molecule has 0 heterocycles. The minimum atomic E-state index is -0.721. The van der Waals surface area contributed by atoms with Gasteiger partial charge in [-0.1, -0.05) is 0 Å². The van der Waals surface area contributed by atoms with Gasteiger partial charge >= 0.3 is 0 Å². The first-order chi connectivity index (χ1) is 7.10. The maximum atomic E-state index is 13.5. The first-order valence-corrected chi connectivity index (χ1v) is 4.53. The second-order valence-corrected chi connectivity index (χ2v) is 3.16. The highest BCUT2D eigenvalue weighted by atomic mass is 19.1. The van der Waals surface area contributed by atoms with E-state index in [1.54, 1.807) is 0 Å². The van der Waals surface area contributed by atoms with Crippen molar-refractivity contribution >= 4 is 0 Å². The Morgan fingerprint density at radius 3 is 2.67 bits per heavy atom. The van der Waals surface area contributed by atoms with E-state index in [0.29, 0.717) is 0 Å². The van der Waals surface area contributed by atoms with Crippen LogP contribution < -0.4 is 10.5 Å². The van der Waals surface area contributed by atoms with E-state index in [2.05, 4.69) is 0 Å². The Morgan fingerprint density at radius 2 is 2.20 bits per heavy atom. The van der Waals surface area contributed by atoms with Crippen LogP contribution in [0.15, 0.2) is 12.1 Å². The van der Waals surface area contributed by atoms with E-state index in [1.165, 1.54) is 13.2 Å². The zero-order chi connectivity index (χ0) is 11.4. The fourth-order valence-electron chi connectivity index (χ4n) is 1.35. The van der Waals surface area contributed by atoms with Gasteiger partial charge in [-0.15, -0.1) is 0 Å². The van der Waals surface area contributed by atoms with E-state index in [-0.39, 0.29) is 30.1 Å². The van der Waals surface area contributed by atoms with Crippen molar-refractivity contribution in [1.82, 2.24) is 0 Å². The second kappa shape index (κ2) is 4.95. The molecule has 0 bridgehead atoms. The average Bonchev–Trinajstić information content (AvgIpc) is 2.16. The largest absolute Gasteiger partial charge is 0.507 e. The summed E-state index contributed by atoms with van der Waals surface area (Å²) in [7, 11) is 1.38. The van der Waals surface area contributed by atoms with Crippen molar-refractivity contribution in [2.24, 2.45) is 5.73 Å². The molecule has 0 amide bonds. The first kappa shape index (κ1) is 11.7. The molecule has 1 rings (SSSR count). The van der Waals surface area contributed by atoms with E-state index in [9.17, 15) is 9.50 Å². The van der Waals surface area contributed by atoms with Gasteiger partial charge in [-0.05, 0) is 6.42 Å². The number of halogens is 1. The standard InChI is InChI=1S/C10H14FNO3/c1-15-6-4-7(11)10(9(14)5-6)8(12)2-3-13/h4-5,8,13-14H,2-3,12H2,1H3. The molecular formula is C10H14FNO3. The molecule has 84 valence electrons. The van der Waals surface area contributed by atoms with Crippen LogP contribution in [0.4, 0.5) is 4.39 Å². The Bertz CT molecular complexity index is 320. The summed E-state index contributed by atoms with van der Waals surface area (Å²) in [5, 5.41) is 18.2. The lowest BCUT2D eigenvalue weighted by atomic mass is 10.0. The third kappa shape index (κ3) is 2.57. The smallest absolute Gasteiger partial charge is 0.135 e. The first-order valence-electron chi connectivity index (χ1n) is 4.53. The summed E-state index contributed by atoms with van der Waals surface area (Å²) in [6.07, 6.45) is 0.191. The zero-order valence-corrected chi connectivity index (χ0v) is 8.40. The van der Waals surface area contributed by atoms with Gasteiger partial charge in [0.15, 0.2) is 0 Å². The molecule has 0 aromatic heterocycles. The Kier molecular flexibility index (Phi) is 3.88. The Hall–Kier alpha value is -1.33. The average molecular weight is 215 g/mol. The van der Waals surface area contributed by atoms with Crippen LogP contribution in [0.3, 0.4) is 0 Å². The predicted molar refractivity (Wildman–Crippen MR) is 53.2 cm³/mol. The third-order valence-electron chi connectivity index (χ3n) is 2.13.